The van der Waals surface area contributed by atoms with E-state index in [4.69, 9.17) is 9.40 Å². The van der Waals surface area contributed by atoms with Crippen molar-refractivity contribution >= 4 is 5.91 Å². The number of aromatic nitrogens is 1. The minimum absolute atomic E-state index is 0.137. The van der Waals surface area contributed by atoms with Crippen LogP contribution in [0.4, 0.5) is 0 Å². The summed E-state index contributed by atoms with van der Waals surface area (Å²) in [6, 6.07) is 8.44. The number of hydrogen-bond donors (Lipinski definition) is 1. The fourth-order valence-corrected chi connectivity index (χ4v) is 4.77. The number of piperidine rings is 1. The molecule has 0 spiro atoms. The zero-order valence-corrected chi connectivity index (χ0v) is 19.7. The van der Waals surface area contributed by atoms with E-state index >= 15 is 0 Å². The van der Waals surface area contributed by atoms with E-state index in [2.05, 4.69) is 47.5 Å². The lowest BCUT2D eigenvalue weighted by atomic mass is 9.95. The zero-order chi connectivity index (χ0) is 22.3. The standard InChI is InChI=1S/C27H37N3O2/c1-3-21-9-11-24(12-10-21)27-29-25(20(2)32-27)19-30-17-14-23(15-18-30)26(31)28-16-13-22-7-5-4-6-8-22/h7,9-12,23H,3-6,8,13-19H2,1-2H3,(H,28,31). The SMILES string of the molecule is CCc1ccc(-c2nc(CN3CCC(C(=O)NCCC4=CCCCC4)CC3)c(C)o2)cc1. The fourth-order valence-electron chi connectivity index (χ4n) is 4.77. The number of likely N-dealkylation sites (tertiary alicyclic amines) is 1. The molecule has 5 heteroatoms. The molecule has 1 aromatic heterocycles. The molecule has 1 aliphatic carbocycles. The predicted molar refractivity (Wildman–Crippen MR) is 128 cm³/mol. The third kappa shape index (κ3) is 5.89. The maximum atomic E-state index is 12.6. The number of carbonyl (C=O) groups is 1. The Morgan fingerprint density at radius 1 is 1.19 bits per heavy atom. The molecule has 0 atom stereocenters. The van der Waals surface area contributed by atoms with Crippen molar-refractivity contribution in [1.82, 2.24) is 15.2 Å². The highest BCUT2D eigenvalue weighted by Crippen LogP contribution is 2.25. The van der Waals surface area contributed by atoms with Gasteiger partial charge in [0.2, 0.25) is 11.8 Å². The van der Waals surface area contributed by atoms with Gasteiger partial charge in [0.1, 0.15) is 5.76 Å². The van der Waals surface area contributed by atoms with Gasteiger partial charge < -0.3 is 9.73 Å². The second-order valence-corrected chi connectivity index (χ2v) is 9.27. The molecule has 2 aliphatic rings. The molecular weight excluding hydrogens is 398 g/mol. The smallest absolute Gasteiger partial charge is 0.226 e. The van der Waals surface area contributed by atoms with Crippen LogP contribution in [-0.4, -0.2) is 35.4 Å². The summed E-state index contributed by atoms with van der Waals surface area (Å²) in [7, 11) is 0. The minimum atomic E-state index is 0.137. The van der Waals surface area contributed by atoms with Crippen molar-refractivity contribution in [2.75, 3.05) is 19.6 Å². The van der Waals surface area contributed by atoms with Gasteiger partial charge in [-0.2, -0.15) is 0 Å². The van der Waals surface area contributed by atoms with E-state index in [9.17, 15) is 4.79 Å². The third-order valence-electron chi connectivity index (χ3n) is 6.96. The first-order chi connectivity index (χ1) is 15.6. The van der Waals surface area contributed by atoms with Gasteiger partial charge in [-0.05, 0) is 89.1 Å². The van der Waals surface area contributed by atoms with Gasteiger partial charge in [0.15, 0.2) is 0 Å². The molecule has 1 amide bonds. The Morgan fingerprint density at radius 2 is 1.97 bits per heavy atom. The number of benzene rings is 1. The summed E-state index contributed by atoms with van der Waals surface area (Å²) in [5, 5.41) is 3.18. The van der Waals surface area contributed by atoms with Crippen LogP contribution in [0, 0.1) is 12.8 Å². The molecule has 1 aromatic carbocycles. The van der Waals surface area contributed by atoms with Gasteiger partial charge in [0.05, 0.1) is 5.69 Å². The molecule has 172 valence electrons. The van der Waals surface area contributed by atoms with Crippen molar-refractivity contribution in [3.8, 4) is 11.5 Å². The van der Waals surface area contributed by atoms with Crippen molar-refractivity contribution in [2.24, 2.45) is 5.92 Å². The molecule has 2 aromatic rings. The van der Waals surface area contributed by atoms with Crippen LogP contribution in [0.3, 0.4) is 0 Å². The lowest BCUT2D eigenvalue weighted by molar-refractivity contribution is -0.126. The second kappa shape index (κ2) is 11.0. The van der Waals surface area contributed by atoms with E-state index in [0.717, 1.165) is 68.9 Å². The molecule has 2 heterocycles. The Balaban J connectivity index is 1.23. The monoisotopic (exact) mass is 435 g/mol. The number of nitrogens with one attached hydrogen (secondary N) is 1. The molecule has 1 N–H and O–H groups in total. The van der Waals surface area contributed by atoms with Crippen molar-refractivity contribution < 1.29 is 9.21 Å². The lowest BCUT2D eigenvalue weighted by Crippen LogP contribution is -2.40. The van der Waals surface area contributed by atoms with Crippen molar-refractivity contribution in [3.63, 3.8) is 0 Å². The number of allylic oxidation sites excluding steroid dienone is 1. The number of oxazole rings is 1. The lowest BCUT2D eigenvalue weighted by Gasteiger charge is -2.30. The van der Waals surface area contributed by atoms with Crippen LogP contribution < -0.4 is 5.32 Å². The molecule has 0 unspecified atom stereocenters. The van der Waals surface area contributed by atoms with Crippen LogP contribution >= 0.6 is 0 Å². The summed E-state index contributed by atoms with van der Waals surface area (Å²) in [5.74, 6) is 1.95. The van der Waals surface area contributed by atoms with E-state index in [1.807, 2.05) is 6.92 Å². The van der Waals surface area contributed by atoms with Crippen LogP contribution in [0.15, 0.2) is 40.3 Å². The molecule has 0 saturated carbocycles. The predicted octanol–water partition coefficient (Wildman–Crippen LogP) is 5.43. The average molecular weight is 436 g/mol. The average Bonchev–Trinajstić information content (AvgIpc) is 3.20. The van der Waals surface area contributed by atoms with E-state index < -0.39 is 0 Å². The van der Waals surface area contributed by atoms with Gasteiger partial charge in [-0.15, -0.1) is 0 Å². The molecular formula is C27H37N3O2. The van der Waals surface area contributed by atoms with Crippen LogP contribution in [0.25, 0.3) is 11.5 Å². The van der Waals surface area contributed by atoms with Crippen LogP contribution in [-0.2, 0) is 17.8 Å². The highest BCUT2D eigenvalue weighted by atomic mass is 16.4. The number of carbonyl (C=O) groups excluding carboxylic acids is 1. The highest BCUT2D eigenvalue weighted by Gasteiger charge is 2.26. The van der Waals surface area contributed by atoms with Gasteiger partial charge in [-0.3, -0.25) is 9.69 Å². The Hall–Kier alpha value is -2.40. The first-order valence-electron chi connectivity index (χ1n) is 12.4. The molecule has 1 fully saturated rings. The number of amides is 1. The summed E-state index contributed by atoms with van der Waals surface area (Å²) in [6.07, 6.45) is 11.3. The number of rotatable bonds is 8. The summed E-state index contributed by atoms with van der Waals surface area (Å²) >= 11 is 0. The summed E-state index contributed by atoms with van der Waals surface area (Å²) in [4.78, 5) is 19.8. The third-order valence-corrected chi connectivity index (χ3v) is 6.96. The summed E-state index contributed by atoms with van der Waals surface area (Å²) in [6.45, 7) is 7.57. The number of aryl methyl sites for hydroxylation is 2. The van der Waals surface area contributed by atoms with E-state index in [1.54, 1.807) is 0 Å². The molecule has 0 bridgehead atoms. The molecule has 4 rings (SSSR count). The first-order valence-corrected chi connectivity index (χ1v) is 12.4. The van der Waals surface area contributed by atoms with Crippen LogP contribution in [0.1, 0.15) is 68.9 Å². The fraction of sp³-hybridized carbons (Fsp3) is 0.556. The van der Waals surface area contributed by atoms with Crippen molar-refractivity contribution in [1.29, 1.82) is 0 Å². The Kier molecular flexibility index (Phi) is 7.80. The van der Waals surface area contributed by atoms with Gasteiger partial charge in [-0.25, -0.2) is 4.98 Å². The number of nitrogens with zero attached hydrogens (tertiary/aromatic N) is 2. The zero-order valence-electron chi connectivity index (χ0n) is 19.7. The molecule has 1 aliphatic heterocycles. The summed E-state index contributed by atoms with van der Waals surface area (Å²) < 4.78 is 5.96. The van der Waals surface area contributed by atoms with Crippen molar-refractivity contribution in [2.45, 2.75) is 71.8 Å². The van der Waals surface area contributed by atoms with Gasteiger partial charge in [0.25, 0.3) is 0 Å². The van der Waals surface area contributed by atoms with Gasteiger partial charge >= 0.3 is 0 Å². The molecule has 32 heavy (non-hydrogen) atoms. The van der Waals surface area contributed by atoms with E-state index in [0.29, 0.717) is 5.89 Å². The van der Waals surface area contributed by atoms with E-state index in [1.165, 1.54) is 36.8 Å². The van der Waals surface area contributed by atoms with Crippen molar-refractivity contribution in [3.05, 3.63) is 52.9 Å². The normalized spacial score (nSPS) is 17.9. The highest BCUT2D eigenvalue weighted by molar-refractivity contribution is 5.78. The first kappa shape index (κ1) is 22.8. The Labute approximate surface area is 192 Å². The quantitative estimate of drug-likeness (QED) is 0.562. The Morgan fingerprint density at radius 3 is 2.66 bits per heavy atom. The molecule has 1 saturated heterocycles. The Bertz CT molecular complexity index is 921. The van der Waals surface area contributed by atoms with Crippen LogP contribution in [0.2, 0.25) is 0 Å². The topological polar surface area (TPSA) is 58.4 Å². The minimum Gasteiger partial charge on any atom is -0.441 e. The maximum absolute atomic E-state index is 12.6. The molecule has 0 radical (unpaired) electrons. The summed E-state index contributed by atoms with van der Waals surface area (Å²) in [5.41, 5.74) is 4.87. The second-order valence-electron chi connectivity index (χ2n) is 9.27. The maximum Gasteiger partial charge on any atom is 0.226 e. The van der Waals surface area contributed by atoms with Crippen LogP contribution in [0.5, 0.6) is 0 Å². The van der Waals surface area contributed by atoms with Gasteiger partial charge in [-0.1, -0.05) is 30.7 Å². The molecule has 5 nitrogen and oxygen atoms in total. The van der Waals surface area contributed by atoms with Gasteiger partial charge in [0, 0.05) is 24.6 Å². The van der Waals surface area contributed by atoms with E-state index in [-0.39, 0.29) is 11.8 Å². The number of hydrogen-bond acceptors (Lipinski definition) is 4. The largest absolute Gasteiger partial charge is 0.441 e.